The molecule has 0 aromatic heterocycles. The van der Waals surface area contributed by atoms with E-state index in [0.717, 1.165) is 38.8 Å². The molecule has 2 unspecified atom stereocenters. The van der Waals surface area contributed by atoms with Gasteiger partial charge in [-0.15, -0.1) is 0 Å². The third-order valence-corrected chi connectivity index (χ3v) is 4.57. The topological polar surface area (TPSA) is 40.5 Å². The molecule has 3 heteroatoms. The van der Waals surface area contributed by atoms with E-state index >= 15 is 0 Å². The van der Waals surface area contributed by atoms with Gasteiger partial charge < -0.3 is 5.11 Å². The highest BCUT2D eigenvalue weighted by Crippen LogP contribution is 2.42. The van der Waals surface area contributed by atoms with Crippen molar-refractivity contribution >= 4 is 5.97 Å². The molecule has 2 aliphatic rings. The number of hydrogen-bond donors (Lipinski definition) is 1. The standard InChI is InChI=1S/C13H23NO2/c1-2-11-7-3-4-8-13(11,12(15)16)14-9-5-6-10-14/h11H,2-10H2,1H3,(H,15,16). The molecule has 1 aliphatic heterocycles. The highest BCUT2D eigenvalue weighted by Gasteiger charge is 2.51. The van der Waals surface area contributed by atoms with Crippen LogP contribution in [0.4, 0.5) is 0 Å². The van der Waals surface area contributed by atoms with Gasteiger partial charge in [-0.2, -0.15) is 0 Å². The third kappa shape index (κ3) is 1.75. The maximum absolute atomic E-state index is 11.8. The van der Waals surface area contributed by atoms with E-state index in [0.29, 0.717) is 5.92 Å². The molecule has 2 rings (SSSR count). The van der Waals surface area contributed by atoms with Gasteiger partial charge in [-0.05, 0) is 44.7 Å². The zero-order valence-electron chi connectivity index (χ0n) is 10.2. The van der Waals surface area contributed by atoms with Crippen LogP contribution in [-0.4, -0.2) is 34.6 Å². The summed E-state index contributed by atoms with van der Waals surface area (Å²) in [6.45, 7) is 4.12. The Balaban J connectivity index is 2.27. The lowest BCUT2D eigenvalue weighted by Crippen LogP contribution is -2.59. The van der Waals surface area contributed by atoms with Gasteiger partial charge in [0.2, 0.25) is 0 Å². The SMILES string of the molecule is CCC1CCCCC1(C(=O)O)N1CCCC1. The number of nitrogens with zero attached hydrogens (tertiary/aromatic N) is 1. The summed E-state index contributed by atoms with van der Waals surface area (Å²) in [5.74, 6) is -0.210. The third-order valence-electron chi connectivity index (χ3n) is 4.57. The van der Waals surface area contributed by atoms with Crippen molar-refractivity contribution in [2.75, 3.05) is 13.1 Å². The smallest absolute Gasteiger partial charge is 0.324 e. The summed E-state index contributed by atoms with van der Waals surface area (Å²) in [4.78, 5) is 14.1. The van der Waals surface area contributed by atoms with Gasteiger partial charge in [0, 0.05) is 0 Å². The fraction of sp³-hybridized carbons (Fsp3) is 0.923. The minimum Gasteiger partial charge on any atom is -0.480 e. The summed E-state index contributed by atoms with van der Waals surface area (Å²) in [6.07, 6.45) is 7.60. The average molecular weight is 225 g/mol. The van der Waals surface area contributed by atoms with Crippen LogP contribution >= 0.6 is 0 Å². The van der Waals surface area contributed by atoms with Gasteiger partial charge in [-0.3, -0.25) is 9.69 Å². The summed E-state index contributed by atoms with van der Waals surface area (Å²) < 4.78 is 0. The van der Waals surface area contributed by atoms with E-state index < -0.39 is 11.5 Å². The molecule has 0 aromatic carbocycles. The number of carboxylic acids is 1. The Labute approximate surface area is 97.8 Å². The summed E-state index contributed by atoms with van der Waals surface area (Å²) in [5.41, 5.74) is -0.524. The van der Waals surface area contributed by atoms with Gasteiger partial charge in [-0.25, -0.2) is 0 Å². The summed E-state index contributed by atoms with van der Waals surface area (Å²) in [5, 5.41) is 9.71. The van der Waals surface area contributed by atoms with E-state index in [1.165, 1.54) is 19.3 Å². The van der Waals surface area contributed by atoms with Crippen LogP contribution in [0.2, 0.25) is 0 Å². The first kappa shape index (κ1) is 11.9. The molecule has 1 saturated carbocycles. The van der Waals surface area contributed by atoms with Crippen LogP contribution in [0.15, 0.2) is 0 Å². The van der Waals surface area contributed by atoms with Crippen molar-refractivity contribution in [2.24, 2.45) is 5.92 Å². The molecule has 0 aromatic rings. The van der Waals surface area contributed by atoms with Crippen LogP contribution in [0.1, 0.15) is 51.9 Å². The van der Waals surface area contributed by atoms with Crippen molar-refractivity contribution in [1.82, 2.24) is 4.90 Å². The van der Waals surface area contributed by atoms with Gasteiger partial charge in [-0.1, -0.05) is 26.2 Å². The fourth-order valence-corrected chi connectivity index (χ4v) is 3.72. The van der Waals surface area contributed by atoms with Gasteiger partial charge >= 0.3 is 5.97 Å². The van der Waals surface area contributed by atoms with Gasteiger partial charge in [0.1, 0.15) is 5.54 Å². The monoisotopic (exact) mass is 225 g/mol. The highest BCUT2D eigenvalue weighted by molar-refractivity contribution is 5.79. The van der Waals surface area contributed by atoms with Crippen molar-refractivity contribution in [3.8, 4) is 0 Å². The first-order valence-electron chi connectivity index (χ1n) is 6.70. The molecule has 0 radical (unpaired) electrons. The first-order chi connectivity index (χ1) is 7.71. The molecule has 2 atom stereocenters. The number of likely N-dealkylation sites (tertiary alicyclic amines) is 1. The van der Waals surface area contributed by atoms with Crippen molar-refractivity contribution in [3.05, 3.63) is 0 Å². The molecular formula is C13H23NO2. The second-order valence-electron chi connectivity index (χ2n) is 5.27. The number of hydrogen-bond acceptors (Lipinski definition) is 2. The molecule has 1 aliphatic carbocycles. The van der Waals surface area contributed by atoms with E-state index in [4.69, 9.17) is 0 Å². The van der Waals surface area contributed by atoms with E-state index in [9.17, 15) is 9.90 Å². The molecule has 1 saturated heterocycles. The van der Waals surface area contributed by atoms with E-state index in [-0.39, 0.29) is 0 Å². The molecule has 16 heavy (non-hydrogen) atoms. The van der Waals surface area contributed by atoms with E-state index in [1.54, 1.807) is 0 Å². The van der Waals surface area contributed by atoms with Crippen LogP contribution < -0.4 is 0 Å². The average Bonchev–Trinajstić information content (AvgIpc) is 2.82. The Hall–Kier alpha value is -0.570. The van der Waals surface area contributed by atoms with Crippen LogP contribution in [0.25, 0.3) is 0 Å². The van der Waals surface area contributed by atoms with Crippen LogP contribution in [-0.2, 0) is 4.79 Å². The minimum atomic E-state index is -0.569. The molecule has 0 amide bonds. The molecule has 0 spiro atoms. The lowest BCUT2D eigenvalue weighted by Gasteiger charge is -2.46. The Morgan fingerprint density at radius 1 is 1.31 bits per heavy atom. The van der Waals surface area contributed by atoms with Crippen LogP contribution in [0.5, 0.6) is 0 Å². The second kappa shape index (κ2) is 4.74. The molecule has 3 nitrogen and oxygen atoms in total. The number of carboxylic acid groups (broad SMARTS) is 1. The first-order valence-corrected chi connectivity index (χ1v) is 6.70. The van der Waals surface area contributed by atoms with Gasteiger partial charge in [0.15, 0.2) is 0 Å². The lowest BCUT2D eigenvalue weighted by atomic mass is 9.70. The second-order valence-corrected chi connectivity index (χ2v) is 5.27. The molecule has 1 heterocycles. The predicted molar refractivity (Wildman–Crippen MR) is 63.4 cm³/mol. The quantitative estimate of drug-likeness (QED) is 0.802. The summed E-state index contributed by atoms with van der Waals surface area (Å²) in [6, 6.07) is 0. The predicted octanol–water partition coefficient (Wildman–Crippen LogP) is 2.51. The largest absolute Gasteiger partial charge is 0.480 e. The summed E-state index contributed by atoms with van der Waals surface area (Å²) in [7, 11) is 0. The highest BCUT2D eigenvalue weighted by atomic mass is 16.4. The van der Waals surface area contributed by atoms with Gasteiger partial charge in [0.05, 0.1) is 0 Å². The van der Waals surface area contributed by atoms with E-state index in [1.807, 2.05) is 0 Å². The Morgan fingerprint density at radius 2 is 2.00 bits per heavy atom. The minimum absolute atomic E-state index is 0.358. The zero-order chi connectivity index (χ0) is 11.6. The number of carbonyl (C=O) groups is 1. The molecule has 1 N–H and O–H groups in total. The summed E-state index contributed by atoms with van der Waals surface area (Å²) >= 11 is 0. The van der Waals surface area contributed by atoms with Crippen molar-refractivity contribution in [1.29, 1.82) is 0 Å². The number of rotatable bonds is 3. The Kier molecular flexibility index (Phi) is 3.53. The van der Waals surface area contributed by atoms with Crippen molar-refractivity contribution in [2.45, 2.75) is 57.4 Å². The van der Waals surface area contributed by atoms with Crippen LogP contribution in [0.3, 0.4) is 0 Å². The van der Waals surface area contributed by atoms with Crippen LogP contribution in [0, 0.1) is 5.92 Å². The Morgan fingerprint density at radius 3 is 2.56 bits per heavy atom. The zero-order valence-corrected chi connectivity index (χ0v) is 10.2. The maximum Gasteiger partial charge on any atom is 0.324 e. The molecule has 2 fully saturated rings. The van der Waals surface area contributed by atoms with Gasteiger partial charge in [0.25, 0.3) is 0 Å². The normalized spacial score (nSPS) is 36.4. The fourth-order valence-electron chi connectivity index (χ4n) is 3.72. The molecular weight excluding hydrogens is 202 g/mol. The van der Waals surface area contributed by atoms with E-state index in [2.05, 4.69) is 11.8 Å². The molecule has 92 valence electrons. The van der Waals surface area contributed by atoms with Crippen molar-refractivity contribution < 1.29 is 9.90 Å². The number of aliphatic carboxylic acids is 1. The Bertz CT molecular complexity index is 257. The lowest BCUT2D eigenvalue weighted by molar-refractivity contribution is -0.158. The maximum atomic E-state index is 11.8. The molecule has 0 bridgehead atoms. The van der Waals surface area contributed by atoms with Crippen molar-refractivity contribution in [3.63, 3.8) is 0 Å².